The van der Waals surface area contributed by atoms with Crippen LogP contribution < -0.4 is 23.7 Å². The van der Waals surface area contributed by atoms with Crippen LogP contribution in [0.5, 0.6) is 28.7 Å². The second kappa shape index (κ2) is 8.54. The average molecular weight is 462 g/mol. The van der Waals surface area contributed by atoms with Crippen LogP contribution >= 0.6 is 0 Å². The van der Waals surface area contributed by atoms with Crippen molar-refractivity contribution < 1.29 is 48.8 Å². The quantitative estimate of drug-likeness (QED) is 0.497. The number of methoxy groups -OCH3 is 2. The van der Waals surface area contributed by atoms with Gasteiger partial charge in [0, 0.05) is 17.2 Å². The minimum Gasteiger partial charge on any atom is -0.493 e. The van der Waals surface area contributed by atoms with E-state index in [4.69, 9.17) is 28.4 Å². The van der Waals surface area contributed by atoms with Gasteiger partial charge in [0.25, 0.3) is 0 Å². The third kappa shape index (κ3) is 3.54. The van der Waals surface area contributed by atoms with Crippen LogP contribution in [0.1, 0.15) is 23.1 Å². The predicted octanol–water partition coefficient (Wildman–Crippen LogP) is 0.492. The SMILES string of the molecule is COc1ccc2c(c1OC)O[C@@H]1c3ccc(O[C@H]4O[C@@H](CO)[C@H](O)[C@@H](O)[C@@H]4O)cc3OC[C@@H]21. The van der Waals surface area contributed by atoms with E-state index >= 15 is 0 Å². The predicted molar refractivity (Wildman–Crippen MR) is 112 cm³/mol. The monoisotopic (exact) mass is 462 g/mol. The molecule has 3 aliphatic rings. The Bertz CT molecular complexity index is 1020. The summed E-state index contributed by atoms with van der Waals surface area (Å²) in [5, 5.41) is 39.5. The molecule has 2 aromatic carbocycles. The summed E-state index contributed by atoms with van der Waals surface area (Å²) < 4.78 is 34.3. The molecule has 7 atom stereocenters. The number of ether oxygens (including phenoxy) is 6. The second-order valence-electron chi connectivity index (χ2n) is 8.19. The largest absolute Gasteiger partial charge is 0.493 e. The first-order valence-corrected chi connectivity index (χ1v) is 10.6. The van der Waals surface area contributed by atoms with E-state index in [1.165, 1.54) is 0 Å². The fourth-order valence-corrected chi connectivity index (χ4v) is 4.58. The van der Waals surface area contributed by atoms with Gasteiger partial charge >= 0.3 is 0 Å². The van der Waals surface area contributed by atoms with Crippen molar-refractivity contribution in [2.45, 2.75) is 42.7 Å². The summed E-state index contributed by atoms with van der Waals surface area (Å²) in [5.41, 5.74) is 1.80. The summed E-state index contributed by atoms with van der Waals surface area (Å²) in [6.45, 7) is -0.156. The Kier molecular flexibility index (Phi) is 5.71. The van der Waals surface area contributed by atoms with Crippen LogP contribution in [0.3, 0.4) is 0 Å². The fraction of sp³-hybridized carbons (Fsp3) is 0.478. The molecular weight excluding hydrogens is 436 g/mol. The van der Waals surface area contributed by atoms with Crippen LogP contribution in [-0.4, -0.2) is 78.6 Å². The first kappa shape index (κ1) is 22.1. The number of aliphatic hydroxyl groups is 4. The molecule has 5 rings (SSSR count). The third-order valence-corrected chi connectivity index (χ3v) is 6.35. The van der Waals surface area contributed by atoms with Crippen LogP contribution in [-0.2, 0) is 4.74 Å². The standard InChI is InChI=1S/C23H26O10/c1-28-14-6-5-11-13-9-30-15-7-10(3-4-12(15)20(13)33-21(11)22(14)29-2)31-23-19(27)18(26)17(25)16(8-24)32-23/h3-7,13,16-20,23-27H,8-9H2,1-2H3/t13-,16-,17-,18+,19-,20+,23-/m0/s1. The molecular formula is C23H26O10. The maximum Gasteiger partial charge on any atom is 0.229 e. The smallest absolute Gasteiger partial charge is 0.229 e. The van der Waals surface area contributed by atoms with E-state index in [0.717, 1.165) is 11.1 Å². The van der Waals surface area contributed by atoms with Gasteiger partial charge in [0.1, 0.15) is 42.0 Å². The van der Waals surface area contributed by atoms with Crippen LogP contribution in [0.2, 0.25) is 0 Å². The van der Waals surface area contributed by atoms with E-state index in [1.807, 2.05) is 12.1 Å². The lowest BCUT2D eigenvalue weighted by molar-refractivity contribution is -0.277. The van der Waals surface area contributed by atoms with Gasteiger partial charge in [-0.25, -0.2) is 0 Å². The molecule has 3 heterocycles. The number of hydrogen-bond acceptors (Lipinski definition) is 10. The summed E-state index contributed by atoms with van der Waals surface area (Å²) >= 11 is 0. The zero-order chi connectivity index (χ0) is 23.3. The van der Waals surface area contributed by atoms with E-state index in [0.29, 0.717) is 35.4 Å². The van der Waals surface area contributed by atoms with E-state index in [9.17, 15) is 20.4 Å². The summed E-state index contributed by atoms with van der Waals surface area (Å²) in [4.78, 5) is 0. The maximum absolute atomic E-state index is 10.2. The first-order chi connectivity index (χ1) is 16.0. The third-order valence-electron chi connectivity index (χ3n) is 6.35. The van der Waals surface area contributed by atoms with Gasteiger partial charge in [0.2, 0.25) is 12.0 Å². The Morgan fingerprint density at radius 1 is 0.970 bits per heavy atom. The topological polar surface area (TPSA) is 136 Å². The lowest BCUT2D eigenvalue weighted by Crippen LogP contribution is -2.60. The van der Waals surface area contributed by atoms with Crippen LogP contribution in [0.25, 0.3) is 0 Å². The zero-order valence-corrected chi connectivity index (χ0v) is 18.1. The number of hydrogen-bond donors (Lipinski definition) is 4. The fourth-order valence-electron chi connectivity index (χ4n) is 4.58. The van der Waals surface area contributed by atoms with Crippen molar-refractivity contribution in [1.82, 2.24) is 0 Å². The molecule has 33 heavy (non-hydrogen) atoms. The molecule has 0 radical (unpaired) electrons. The Morgan fingerprint density at radius 3 is 2.48 bits per heavy atom. The summed E-state index contributed by atoms with van der Waals surface area (Å²) in [6.07, 6.45) is -7.09. The second-order valence-corrected chi connectivity index (χ2v) is 8.19. The van der Waals surface area contributed by atoms with Gasteiger partial charge in [-0.2, -0.15) is 0 Å². The highest BCUT2D eigenvalue weighted by Crippen LogP contribution is 2.56. The lowest BCUT2D eigenvalue weighted by Gasteiger charge is -2.39. The van der Waals surface area contributed by atoms with E-state index in [2.05, 4.69) is 0 Å². The molecule has 0 amide bonds. The molecule has 0 aliphatic carbocycles. The molecule has 4 N–H and O–H groups in total. The van der Waals surface area contributed by atoms with Gasteiger partial charge in [-0.1, -0.05) is 6.07 Å². The van der Waals surface area contributed by atoms with E-state index in [-0.39, 0.29) is 12.0 Å². The molecule has 0 saturated carbocycles. The summed E-state index contributed by atoms with van der Waals surface area (Å²) in [7, 11) is 3.14. The van der Waals surface area contributed by atoms with Gasteiger partial charge in [0.05, 0.1) is 33.4 Å². The Balaban J connectivity index is 1.38. The zero-order valence-electron chi connectivity index (χ0n) is 18.1. The van der Waals surface area contributed by atoms with Gasteiger partial charge in [-0.3, -0.25) is 0 Å². The molecule has 178 valence electrons. The van der Waals surface area contributed by atoms with Crippen LogP contribution in [0, 0.1) is 0 Å². The van der Waals surface area contributed by atoms with Gasteiger partial charge < -0.3 is 48.8 Å². The minimum atomic E-state index is -1.52. The molecule has 10 heteroatoms. The van der Waals surface area contributed by atoms with Crippen molar-refractivity contribution in [3.63, 3.8) is 0 Å². The molecule has 1 saturated heterocycles. The van der Waals surface area contributed by atoms with Crippen LogP contribution in [0.15, 0.2) is 30.3 Å². The Hall–Kier alpha value is -2.76. The summed E-state index contributed by atoms with van der Waals surface area (Å²) in [6, 6.07) is 8.93. The average Bonchev–Trinajstić information content (AvgIpc) is 3.22. The molecule has 0 spiro atoms. The van der Waals surface area contributed by atoms with E-state index in [1.54, 1.807) is 32.4 Å². The number of aliphatic hydroxyl groups excluding tert-OH is 4. The van der Waals surface area contributed by atoms with Crippen molar-refractivity contribution in [1.29, 1.82) is 0 Å². The highest BCUT2D eigenvalue weighted by Gasteiger charge is 2.46. The van der Waals surface area contributed by atoms with Crippen molar-refractivity contribution in [2.75, 3.05) is 27.4 Å². The molecule has 0 aromatic heterocycles. The highest BCUT2D eigenvalue weighted by atomic mass is 16.7. The van der Waals surface area contributed by atoms with Crippen molar-refractivity contribution in [3.8, 4) is 28.7 Å². The summed E-state index contributed by atoms with van der Waals surface area (Å²) in [5.74, 6) is 2.60. The van der Waals surface area contributed by atoms with Gasteiger partial charge in [-0.15, -0.1) is 0 Å². The Morgan fingerprint density at radius 2 is 1.76 bits per heavy atom. The van der Waals surface area contributed by atoms with Gasteiger partial charge in [0.15, 0.2) is 11.5 Å². The molecule has 10 nitrogen and oxygen atoms in total. The van der Waals surface area contributed by atoms with Crippen LogP contribution in [0.4, 0.5) is 0 Å². The molecule has 2 aromatic rings. The normalized spacial score (nSPS) is 32.0. The highest BCUT2D eigenvalue weighted by molar-refractivity contribution is 5.61. The Labute approximate surface area is 189 Å². The van der Waals surface area contributed by atoms with Gasteiger partial charge in [-0.05, 0) is 18.2 Å². The number of benzene rings is 2. The number of fused-ring (bicyclic) bond motifs is 5. The minimum absolute atomic E-state index is 0.0236. The lowest BCUT2D eigenvalue weighted by atomic mass is 9.89. The molecule has 0 bridgehead atoms. The molecule has 0 unspecified atom stereocenters. The number of rotatable bonds is 5. The van der Waals surface area contributed by atoms with Crippen molar-refractivity contribution in [3.05, 3.63) is 41.5 Å². The molecule has 1 fully saturated rings. The van der Waals surface area contributed by atoms with Crippen molar-refractivity contribution >= 4 is 0 Å². The van der Waals surface area contributed by atoms with E-state index < -0.39 is 37.3 Å². The first-order valence-electron chi connectivity index (χ1n) is 10.6. The maximum atomic E-state index is 10.2. The molecule has 3 aliphatic heterocycles. The van der Waals surface area contributed by atoms with Crippen molar-refractivity contribution in [2.24, 2.45) is 0 Å².